The van der Waals surface area contributed by atoms with Crippen molar-refractivity contribution in [3.05, 3.63) is 74.9 Å². The molecule has 0 aliphatic carbocycles. The zero-order chi connectivity index (χ0) is 23.2. The molecular formula is C22H21ClN4O5. The normalized spacial score (nSPS) is 21.4. The van der Waals surface area contributed by atoms with Crippen LogP contribution in [0.2, 0.25) is 5.02 Å². The van der Waals surface area contributed by atoms with Gasteiger partial charge in [0, 0.05) is 44.2 Å². The van der Waals surface area contributed by atoms with Gasteiger partial charge in [-0.15, -0.1) is 0 Å². The summed E-state index contributed by atoms with van der Waals surface area (Å²) in [5, 5.41) is 23.6. The van der Waals surface area contributed by atoms with Crippen molar-refractivity contribution in [1.82, 2.24) is 14.8 Å². The number of nitrogens with one attached hydrogen (secondary N) is 1. The van der Waals surface area contributed by atoms with Crippen LogP contribution in [0.3, 0.4) is 0 Å². The highest BCUT2D eigenvalue weighted by Crippen LogP contribution is 2.33. The lowest BCUT2D eigenvalue weighted by Gasteiger charge is -2.47. The van der Waals surface area contributed by atoms with Gasteiger partial charge in [0.2, 0.25) is 11.6 Å². The number of nitro benzene ring substituents is 1. The summed E-state index contributed by atoms with van der Waals surface area (Å²) in [6.45, 7) is 0. The van der Waals surface area contributed by atoms with Crippen molar-refractivity contribution < 1.29 is 19.6 Å². The summed E-state index contributed by atoms with van der Waals surface area (Å²) in [6.07, 6.45) is 1.58. The molecule has 0 bridgehead atoms. The van der Waals surface area contributed by atoms with E-state index in [2.05, 4.69) is 4.98 Å². The van der Waals surface area contributed by atoms with E-state index in [9.17, 15) is 24.8 Å². The largest absolute Gasteiger partial charge is 0.363 e. The highest BCUT2D eigenvalue weighted by molar-refractivity contribution is 6.30. The number of halogens is 1. The third-order valence-electron chi connectivity index (χ3n) is 6.04. The maximum atomic E-state index is 13.2. The monoisotopic (exact) mass is 456 g/mol. The van der Waals surface area contributed by atoms with Crippen molar-refractivity contribution in [1.29, 1.82) is 0 Å². The predicted octanol–water partition coefficient (Wildman–Crippen LogP) is 2.50. The first kappa shape index (κ1) is 21.8. The van der Waals surface area contributed by atoms with E-state index in [4.69, 9.17) is 11.6 Å². The SMILES string of the molecule is CN1C(=O)[C@](O)(Cc2ccc(Cl)cc2)N(C)C(=O)[C@@H]1Cc1c[nH]c2cccc([N+](=O)[O-])c12. The summed E-state index contributed by atoms with van der Waals surface area (Å²) in [5.41, 5.74) is -0.379. The highest BCUT2D eigenvalue weighted by atomic mass is 35.5. The molecule has 2 N–H and O–H groups in total. The van der Waals surface area contributed by atoms with Crippen LogP contribution in [-0.4, -0.2) is 62.5 Å². The Kier molecular flexibility index (Phi) is 5.39. The van der Waals surface area contributed by atoms with Gasteiger partial charge in [-0.3, -0.25) is 19.7 Å². The van der Waals surface area contributed by atoms with Crippen LogP contribution < -0.4 is 0 Å². The van der Waals surface area contributed by atoms with Gasteiger partial charge in [0.05, 0.1) is 15.8 Å². The lowest BCUT2D eigenvalue weighted by atomic mass is 9.92. The Bertz CT molecular complexity index is 1220. The number of aliphatic hydroxyl groups is 1. The molecule has 1 aliphatic rings. The molecule has 2 aromatic carbocycles. The minimum atomic E-state index is -2.05. The number of non-ortho nitro benzene ring substituents is 1. The molecule has 166 valence electrons. The van der Waals surface area contributed by atoms with Gasteiger partial charge < -0.3 is 19.9 Å². The number of nitrogens with zero attached hydrogens (tertiary/aromatic N) is 3. The second-order valence-electron chi connectivity index (χ2n) is 7.92. The van der Waals surface area contributed by atoms with Crippen molar-refractivity contribution in [3.8, 4) is 0 Å². The summed E-state index contributed by atoms with van der Waals surface area (Å²) in [4.78, 5) is 42.7. The van der Waals surface area contributed by atoms with Gasteiger partial charge >= 0.3 is 0 Å². The maximum absolute atomic E-state index is 13.2. The Morgan fingerprint density at radius 3 is 2.53 bits per heavy atom. The molecule has 2 amide bonds. The van der Waals surface area contributed by atoms with Crippen LogP contribution in [0.5, 0.6) is 0 Å². The fraction of sp³-hybridized carbons (Fsp3) is 0.273. The number of aromatic amines is 1. The molecule has 4 rings (SSSR count). The molecule has 3 aromatic rings. The standard InChI is InChI=1S/C22H21ClN4O5/c1-25-18(10-14-12-24-16-4-3-5-17(19(14)16)27(31)32)20(28)26(2)22(30,21(25)29)11-13-6-8-15(23)9-7-13/h3-9,12,18,24,30H,10-11H2,1-2H3/t18-,22+/m0/s1. The van der Waals surface area contributed by atoms with Gasteiger partial charge in [-0.1, -0.05) is 29.8 Å². The Hall–Kier alpha value is -3.43. The summed E-state index contributed by atoms with van der Waals surface area (Å²) < 4.78 is 0. The molecule has 0 unspecified atom stereocenters. The summed E-state index contributed by atoms with van der Waals surface area (Å²) in [6, 6.07) is 10.4. The van der Waals surface area contributed by atoms with E-state index in [0.717, 1.165) is 4.90 Å². The fourth-order valence-corrected chi connectivity index (χ4v) is 4.33. The number of amides is 2. The first-order valence-corrected chi connectivity index (χ1v) is 10.3. The summed E-state index contributed by atoms with van der Waals surface area (Å²) in [7, 11) is 2.84. The Morgan fingerprint density at radius 1 is 1.19 bits per heavy atom. The quantitative estimate of drug-likeness (QED) is 0.451. The Balaban J connectivity index is 1.65. The van der Waals surface area contributed by atoms with Crippen LogP contribution in [0.25, 0.3) is 10.9 Å². The zero-order valence-electron chi connectivity index (χ0n) is 17.4. The summed E-state index contributed by atoms with van der Waals surface area (Å²) in [5.74, 6) is -1.09. The van der Waals surface area contributed by atoms with Crippen LogP contribution in [-0.2, 0) is 22.4 Å². The van der Waals surface area contributed by atoms with E-state index in [0.29, 0.717) is 27.1 Å². The highest BCUT2D eigenvalue weighted by Gasteiger charge is 2.53. The number of hydrogen-bond donors (Lipinski definition) is 2. The molecule has 1 saturated heterocycles. The molecule has 2 atom stereocenters. The van der Waals surface area contributed by atoms with Gasteiger partial charge in [0.1, 0.15) is 6.04 Å². The molecular weight excluding hydrogens is 436 g/mol. The van der Waals surface area contributed by atoms with Crippen LogP contribution in [0.1, 0.15) is 11.1 Å². The minimum Gasteiger partial charge on any atom is -0.363 e. The average Bonchev–Trinajstić information content (AvgIpc) is 3.19. The van der Waals surface area contributed by atoms with Crippen molar-refractivity contribution in [2.24, 2.45) is 0 Å². The molecule has 32 heavy (non-hydrogen) atoms. The van der Waals surface area contributed by atoms with Gasteiger partial charge in [-0.05, 0) is 29.3 Å². The van der Waals surface area contributed by atoms with Crippen molar-refractivity contribution >= 4 is 40.0 Å². The van der Waals surface area contributed by atoms with Gasteiger partial charge in [-0.25, -0.2) is 0 Å². The van der Waals surface area contributed by atoms with E-state index in [1.165, 1.54) is 25.1 Å². The maximum Gasteiger partial charge on any atom is 0.279 e. The lowest BCUT2D eigenvalue weighted by molar-refractivity contribution is -0.383. The number of likely N-dealkylation sites (N-methyl/N-ethyl adjacent to an activating group) is 2. The van der Waals surface area contributed by atoms with E-state index < -0.39 is 28.5 Å². The molecule has 2 heterocycles. The lowest BCUT2D eigenvalue weighted by Crippen LogP contribution is -2.70. The van der Waals surface area contributed by atoms with Crippen LogP contribution in [0.15, 0.2) is 48.7 Å². The second kappa shape index (κ2) is 7.92. The molecule has 0 radical (unpaired) electrons. The van der Waals surface area contributed by atoms with Crippen molar-refractivity contribution in [3.63, 3.8) is 0 Å². The number of benzene rings is 2. The number of carbonyl (C=O) groups is 2. The number of hydrogen-bond acceptors (Lipinski definition) is 5. The first-order valence-electron chi connectivity index (χ1n) is 9.88. The number of carbonyl (C=O) groups excluding carboxylic acids is 2. The number of aromatic nitrogens is 1. The van der Waals surface area contributed by atoms with Crippen molar-refractivity contribution in [2.75, 3.05) is 14.1 Å². The number of fused-ring (bicyclic) bond motifs is 1. The van der Waals surface area contributed by atoms with Crippen molar-refractivity contribution in [2.45, 2.75) is 24.6 Å². The minimum absolute atomic E-state index is 0.0628. The van der Waals surface area contributed by atoms with E-state index in [1.807, 2.05) is 0 Å². The number of rotatable bonds is 5. The van der Waals surface area contributed by atoms with Gasteiger partial charge in [-0.2, -0.15) is 0 Å². The van der Waals surface area contributed by atoms with Crippen LogP contribution in [0, 0.1) is 10.1 Å². The predicted molar refractivity (Wildman–Crippen MR) is 118 cm³/mol. The number of nitro groups is 1. The Labute approximate surface area is 188 Å². The van der Waals surface area contributed by atoms with Crippen LogP contribution >= 0.6 is 11.6 Å². The second-order valence-corrected chi connectivity index (χ2v) is 8.36. The molecule has 0 spiro atoms. The third kappa shape index (κ3) is 3.49. The molecule has 9 nitrogen and oxygen atoms in total. The van der Waals surface area contributed by atoms with Gasteiger partial charge in [0.15, 0.2) is 0 Å². The number of piperazine rings is 1. The third-order valence-corrected chi connectivity index (χ3v) is 6.29. The van der Waals surface area contributed by atoms with E-state index >= 15 is 0 Å². The topological polar surface area (TPSA) is 120 Å². The van der Waals surface area contributed by atoms with Crippen LogP contribution in [0.4, 0.5) is 5.69 Å². The molecule has 1 fully saturated rings. The summed E-state index contributed by atoms with van der Waals surface area (Å²) >= 11 is 5.90. The molecule has 1 aliphatic heterocycles. The Morgan fingerprint density at radius 2 is 1.88 bits per heavy atom. The molecule has 0 saturated carbocycles. The average molecular weight is 457 g/mol. The van der Waals surface area contributed by atoms with Gasteiger partial charge in [0.25, 0.3) is 11.6 Å². The van der Waals surface area contributed by atoms with E-state index in [1.54, 1.807) is 42.6 Å². The zero-order valence-corrected chi connectivity index (χ0v) is 18.2. The molecule has 10 heteroatoms. The fourth-order valence-electron chi connectivity index (χ4n) is 4.20. The number of H-pyrrole nitrogens is 1. The first-order chi connectivity index (χ1) is 15.1. The smallest absolute Gasteiger partial charge is 0.279 e. The molecule has 1 aromatic heterocycles. The van der Waals surface area contributed by atoms with E-state index in [-0.39, 0.29) is 18.5 Å².